The summed E-state index contributed by atoms with van der Waals surface area (Å²) in [6, 6.07) is 23.8. The first-order chi connectivity index (χ1) is 18.5. The third-order valence-corrected chi connectivity index (χ3v) is 10.8. The zero-order valence-electron chi connectivity index (χ0n) is 24.9. The van der Waals surface area contributed by atoms with E-state index in [1.54, 1.807) is 5.57 Å². The Labute approximate surface area is 234 Å². The fourth-order valence-corrected chi connectivity index (χ4v) is 8.79. The van der Waals surface area contributed by atoms with Crippen LogP contribution in [-0.2, 0) is 17.3 Å². The lowest BCUT2D eigenvalue weighted by Gasteiger charge is -2.43. The molecule has 0 bridgehead atoms. The standard InChI is InChI=1S/C39H42/c1-22(2)26-13-15-29-30-17-19-32(24(4)37(30)39(7,8)34(29)21-26)38(5,6)33-18-14-27-20-23(3)28-11-9-10-25-12-16-31(33)36(27)35(25)28/h9-19,21-24,32H,20H2,1-8H3. The van der Waals surface area contributed by atoms with Crippen molar-refractivity contribution in [3.05, 3.63) is 112 Å². The second-order valence-electron chi connectivity index (χ2n) is 14.1. The molecule has 198 valence electrons. The topological polar surface area (TPSA) is 0 Å². The van der Waals surface area contributed by atoms with Gasteiger partial charge in [-0.1, -0.05) is 128 Å². The van der Waals surface area contributed by atoms with Gasteiger partial charge < -0.3 is 0 Å². The largest absolute Gasteiger partial charge is 0.0793 e. The quantitative estimate of drug-likeness (QED) is 0.240. The summed E-state index contributed by atoms with van der Waals surface area (Å²) in [7, 11) is 0. The summed E-state index contributed by atoms with van der Waals surface area (Å²) in [5, 5.41) is 5.84. The van der Waals surface area contributed by atoms with E-state index >= 15 is 0 Å². The molecule has 0 fully saturated rings. The van der Waals surface area contributed by atoms with Crippen LogP contribution in [0.4, 0.5) is 0 Å². The Bertz CT molecular complexity index is 1740. The number of rotatable bonds is 3. The Kier molecular flexibility index (Phi) is 5.23. The Morgan fingerprint density at radius 3 is 2.46 bits per heavy atom. The summed E-state index contributed by atoms with van der Waals surface area (Å²) >= 11 is 0. The average molecular weight is 511 g/mol. The minimum absolute atomic E-state index is 0.00733. The van der Waals surface area contributed by atoms with Crippen molar-refractivity contribution >= 4 is 27.1 Å². The van der Waals surface area contributed by atoms with Gasteiger partial charge in [-0.15, -0.1) is 0 Å². The van der Waals surface area contributed by atoms with E-state index in [2.05, 4.69) is 128 Å². The molecule has 0 heteroatoms. The van der Waals surface area contributed by atoms with Gasteiger partial charge in [0, 0.05) is 5.41 Å². The second kappa shape index (κ2) is 8.20. The molecule has 0 nitrogen and oxygen atoms in total. The molecular formula is C39H42. The van der Waals surface area contributed by atoms with Crippen LogP contribution in [0.2, 0.25) is 0 Å². The van der Waals surface area contributed by atoms with Crippen molar-refractivity contribution in [1.29, 1.82) is 0 Å². The van der Waals surface area contributed by atoms with E-state index < -0.39 is 0 Å². The first-order valence-corrected chi connectivity index (χ1v) is 15.1. The molecule has 0 N–H and O–H groups in total. The maximum absolute atomic E-state index is 2.55. The lowest BCUT2D eigenvalue weighted by molar-refractivity contribution is 0.294. The molecule has 0 amide bonds. The first kappa shape index (κ1) is 24.9. The van der Waals surface area contributed by atoms with Crippen LogP contribution in [0.5, 0.6) is 0 Å². The third kappa shape index (κ3) is 3.30. The molecule has 0 saturated carbocycles. The molecule has 0 heterocycles. The summed E-state index contributed by atoms with van der Waals surface area (Å²) in [5.74, 6) is 2.01. The summed E-state index contributed by atoms with van der Waals surface area (Å²) in [6.07, 6.45) is 6.15. The highest BCUT2D eigenvalue weighted by Crippen LogP contribution is 2.57. The van der Waals surface area contributed by atoms with Gasteiger partial charge in [0.05, 0.1) is 0 Å². The Balaban J connectivity index is 1.36. The highest BCUT2D eigenvalue weighted by Gasteiger charge is 2.46. The predicted molar refractivity (Wildman–Crippen MR) is 169 cm³/mol. The van der Waals surface area contributed by atoms with Crippen LogP contribution in [-0.4, -0.2) is 0 Å². The molecule has 3 atom stereocenters. The van der Waals surface area contributed by atoms with E-state index in [1.165, 1.54) is 60.5 Å². The number of fused-ring (bicyclic) bond motifs is 2. The maximum Gasteiger partial charge on any atom is 0.0123 e. The van der Waals surface area contributed by atoms with E-state index in [0.29, 0.717) is 23.7 Å². The molecule has 39 heavy (non-hydrogen) atoms. The van der Waals surface area contributed by atoms with Crippen LogP contribution in [0.15, 0.2) is 78.4 Å². The maximum atomic E-state index is 2.55. The molecule has 0 saturated heterocycles. The zero-order valence-corrected chi connectivity index (χ0v) is 24.9. The van der Waals surface area contributed by atoms with Crippen molar-refractivity contribution in [2.24, 2.45) is 11.8 Å². The van der Waals surface area contributed by atoms with Crippen molar-refractivity contribution in [2.75, 3.05) is 0 Å². The van der Waals surface area contributed by atoms with E-state index in [0.717, 1.165) is 6.42 Å². The molecule has 4 aromatic carbocycles. The molecule has 4 aromatic rings. The van der Waals surface area contributed by atoms with Gasteiger partial charge in [-0.3, -0.25) is 0 Å². The fraction of sp³-hybridized carbons (Fsp3) is 0.385. The van der Waals surface area contributed by atoms with Crippen molar-refractivity contribution in [3.8, 4) is 0 Å². The Hall–Kier alpha value is -3.12. The predicted octanol–water partition coefficient (Wildman–Crippen LogP) is 10.6. The minimum atomic E-state index is -0.00733. The van der Waals surface area contributed by atoms with Gasteiger partial charge >= 0.3 is 0 Å². The average Bonchev–Trinajstić information content (AvgIpc) is 3.14. The monoisotopic (exact) mass is 510 g/mol. The van der Waals surface area contributed by atoms with Crippen molar-refractivity contribution in [3.63, 3.8) is 0 Å². The van der Waals surface area contributed by atoms with Gasteiger partial charge in [0.25, 0.3) is 0 Å². The number of allylic oxidation sites excluding steroid dienone is 4. The van der Waals surface area contributed by atoms with Gasteiger partial charge in [-0.25, -0.2) is 0 Å². The molecular weight excluding hydrogens is 468 g/mol. The summed E-state index contributed by atoms with van der Waals surface area (Å²) < 4.78 is 0. The summed E-state index contributed by atoms with van der Waals surface area (Å²) in [5.41, 5.74) is 12.1. The molecule has 0 spiro atoms. The van der Waals surface area contributed by atoms with Gasteiger partial charge in [0.2, 0.25) is 0 Å². The van der Waals surface area contributed by atoms with Crippen molar-refractivity contribution < 1.29 is 0 Å². The second-order valence-corrected chi connectivity index (χ2v) is 14.1. The van der Waals surface area contributed by atoms with Crippen LogP contribution in [0, 0.1) is 11.8 Å². The molecule has 3 unspecified atom stereocenters. The van der Waals surface area contributed by atoms with E-state index in [-0.39, 0.29) is 10.8 Å². The Morgan fingerprint density at radius 2 is 1.69 bits per heavy atom. The van der Waals surface area contributed by atoms with Gasteiger partial charge in [0.1, 0.15) is 0 Å². The van der Waals surface area contributed by atoms with Crippen LogP contribution in [0.1, 0.15) is 101 Å². The molecule has 3 aliphatic rings. The molecule has 7 rings (SSSR count). The highest BCUT2D eigenvalue weighted by atomic mass is 14.5. The lowest BCUT2D eigenvalue weighted by Crippen LogP contribution is -2.37. The molecule has 0 radical (unpaired) electrons. The van der Waals surface area contributed by atoms with E-state index in [1.807, 2.05) is 0 Å². The summed E-state index contributed by atoms with van der Waals surface area (Å²) in [4.78, 5) is 0. The SMILES string of the molecule is CC(C)c1ccc2c(c1)C(C)(C)C1=C2C=CC(C(C)(C)c2ccc3c4c2ccc2cccc(c24)C(C)C3)C1C. The van der Waals surface area contributed by atoms with Gasteiger partial charge in [-0.2, -0.15) is 0 Å². The van der Waals surface area contributed by atoms with Crippen LogP contribution < -0.4 is 0 Å². The smallest absolute Gasteiger partial charge is 0.0123 e. The minimum Gasteiger partial charge on any atom is -0.0793 e. The highest BCUT2D eigenvalue weighted by molar-refractivity contribution is 6.13. The van der Waals surface area contributed by atoms with Crippen molar-refractivity contribution in [1.82, 2.24) is 0 Å². The van der Waals surface area contributed by atoms with Crippen LogP contribution in [0.3, 0.4) is 0 Å². The first-order valence-electron chi connectivity index (χ1n) is 15.1. The number of hydrogen-bond acceptors (Lipinski definition) is 0. The van der Waals surface area contributed by atoms with E-state index in [4.69, 9.17) is 0 Å². The third-order valence-electron chi connectivity index (χ3n) is 10.8. The van der Waals surface area contributed by atoms with E-state index in [9.17, 15) is 0 Å². The van der Waals surface area contributed by atoms with Crippen molar-refractivity contribution in [2.45, 2.75) is 84.5 Å². The van der Waals surface area contributed by atoms with Crippen LogP contribution in [0.25, 0.3) is 27.1 Å². The Morgan fingerprint density at radius 1 is 0.897 bits per heavy atom. The zero-order chi connectivity index (χ0) is 27.4. The number of hydrogen-bond donors (Lipinski definition) is 0. The fourth-order valence-electron chi connectivity index (χ4n) is 8.79. The van der Waals surface area contributed by atoms with Gasteiger partial charge in [0.15, 0.2) is 0 Å². The van der Waals surface area contributed by atoms with Crippen LogP contribution >= 0.6 is 0 Å². The molecule has 3 aliphatic carbocycles. The van der Waals surface area contributed by atoms with Gasteiger partial charge in [-0.05, 0) is 102 Å². The molecule has 0 aromatic heterocycles. The summed E-state index contributed by atoms with van der Waals surface area (Å²) in [6.45, 7) is 19.4. The molecule has 0 aliphatic heterocycles. The number of benzene rings is 4. The normalized spacial score (nSPS) is 23.3. The lowest BCUT2D eigenvalue weighted by atomic mass is 9.60.